The molecule has 4 nitrogen and oxygen atoms in total. The van der Waals surface area contributed by atoms with Crippen LogP contribution in [-0.4, -0.2) is 19.9 Å². The van der Waals surface area contributed by atoms with Crippen molar-refractivity contribution in [2.75, 3.05) is 0 Å². The highest BCUT2D eigenvalue weighted by atomic mass is 14.8. The van der Waals surface area contributed by atoms with Gasteiger partial charge in [-0.3, -0.25) is 0 Å². The second-order valence-corrected chi connectivity index (χ2v) is 14.0. The number of aromatic nitrogens is 4. The van der Waals surface area contributed by atoms with E-state index >= 15 is 0 Å². The Balaban J connectivity index is 0.000000152. The smallest absolute Gasteiger partial charge is 0.0971 e. The fourth-order valence-electron chi connectivity index (χ4n) is 7.03. The van der Waals surface area contributed by atoms with Crippen molar-refractivity contribution in [1.82, 2.24) is 19.9 Å². The monoisotopic (exact) mass is 628 g/mol. The largest absolute Gasteiger partial charge is 0.249 e. The SMILES string of the molecule is CC1=CC=C(c2ccc(C3=CC=C(C)C3)c3nc(C)c(C)nc23)C1.CC1=CC=C(c2ccc(C3=CC=C(C)C3)c3nc(C)c(C)nc23)C1. The Morgan fingerprint density at radius 1 is 0.312 bits per heavy atom. The number of allylic oxidation sites excluding steroid dienone is 16. The number of hydrogen-bond donors (Lipinski definition) is 0. The molecular weight excluding hydrogens is 585 g/mol. The summed E-state index contributed by atoms with van der Waals surface area (Å²) < 4.78 is 0. The van der Waals surface area contributed by atoms with Crippen molar-refractivity contribution in [3.8, 4) is 0 Å². The van der Waals surface area contributed by atoms with E-state index < -0.39 is 0 Å². The van der Waals surface area contributed by atoms with E-state index in [0.717, 1.165) is 70.5 Å². The third-order valence-corrected chi connectivity index (χ3v) is 10.0. The molecule has 0 bridgehead atoms. The van der Waals surface area contributed by atoms with Gasteiger partial charge in [-0.15, -0.1) is 0 Å². The van der Waals surface area contributed by atoms with Crippen LogP contribution in [0, 0.1) is 27.7 Å². The maximum absolute atomic E-state index is 4.93. The second kappa shape index (κ2) is 12.6. The van der Waals surface area contributed by atoms with Crippen molar-refractivity contribution < 1.29 is 0 Å². The van der Waals surface area contributed by atoms with Crippen molar-refractivity contribution in [1.29, 1.82) is 0 Å². The van der Waals surface area contributed by atoms with Crippen LogP contribution in [0.5, 0.6) is 0 Å². The molecule has 240 valence electrons. The molecule has 0 saturated carbocycles. The van der Waals surface area contributed by atoms with Crippen LogP contribution in [0.1, 0.15) is 98.4 Å². The highest BCUT2D eigenvalue weighted by molar-refractivity contribution is 5.99. The molecule has 4 aliphatic rings. The highest BCUT2D eigenvalue weighted by Gasteiger charge is 2.20. The molecule has 0 aliphatic heterocycles. The van der Waals surface area contributed by atoms with Gasteiger partial charge in [0.1, 0.15) is 0 Å². The fourth-order valence-corrected chi connectivity index (χ4v) is 7.03. The Labute approximate surface area is 284 Å². The molecule has 0 saturated heterocycles. The maximum atomic E-state index is 4.93. The summed E-state index contributed by atoms with van der Waals surface area (Å²) in [6.07, 6.45) is 21.7. The lowest BCUT2D eigenvalue weighted by molar-refractivity contribution is 1.09. The molecule has 2 aromatic heterocycles. The summed E-state index contributed by atoms with van der Waals surface area (Å²) in [6.45, 7) is 16.9. The molecule has 48 heavy (non-hydrogen) atoms. The van der Waals surface area contributed by atoms with Crippen molar-refractivity contribution >= 4 is 44.4 Å². The number of benzene rings is 2. The van der Waals surface area contributed by atoms with E-state index in [2.05, 4.69) is 101 Å². The molecule has 2 heterocycles. The molecule has 8 rings (SSSR count). The fraction of sp³-hybridized carbons (Fsp3) is 0.273. The molecule has 4 heteroatoms. The van der Waals surface area contributed by atoms with E-state index in [-0.39, 0.29) is 0 Å². The highest BCUT2D eigenvalue weighted by Crippen LogP contribution is 2.39. The predicted octanol–water partition coefficient (Wildman–Crippen LogP) is 11.4. The molecule has 2 aromatic carbocycles. The standard InChI is InChI=1S/2C22H22N2/c2*1-13-5-7-17(11-13)19-9-10-20(18-8-6-14(2)12-18)22-21(19)23-15(3)16(4)24-22/h2*5-10H,11-12H2,1-4H3. The zero-order valence-electron chi connectivity index (χ0n) is 29.5. The summed E-state index contributed by atoms with van der Waals surface area (Å²) in [5.41, 5.74) is 24.1. The predicted molar refractivity (Wildman–Crippen MR) is 203 cm³/mol. The van der Waals surface area contributed by atoms with Crippen LogP contribution in [0.4, 0.5) is 0 Å². The number of fused-ring (bicyclic) bond motifs is 2. The lowest BCUT2D eigenvalue weighted by atomic mass is 9.95. The molecule has 0 N–H and O–H groups in total. The van der Waals surface area contributed by atoms with E-state index in [0.29, 0.717) is 0 Å². The van der Waals surface area contributed by atoms with Crippen molar-refractivity contribution in [3.05, 3.63) is 140 Å². The minimum atomic E-state index is 1.01. The minimum Gasteiger partial charge on any atom is -0.249 e. The van der Waals surface area contributed by atoms with Crippen LogP contribution in [0.15, 0.2) is 95.2 Å². The van der Waals surface area contributed by atoms with Gasteiger partial charge in [-0.2, -0.15) is 0 Å². The van der Waals surface area contributed by atoms with Crippen molar-refractivity contribution in [2.45, 2.75) is 81.1 Å². The Kier molecular flexibility index (Phi) is 8.29. The van der Waals surface area contributed by atoms with Crippen LogP contribution in [0.2, 0.25) is 0 Å². The van der Waals surface area contributed by atoms with E-state index in [1.807, 2.05) is 27.7 Å². The molecular formula is C44H44N4. The van der Waals surface area contributed by atoms with Gasteiger partial charge in [0.25, 0.3) is 0 Å². The average molecular weight is 629 g/mol. The van der Waals surface area contributed by atoms with Crippen molar-refractivity contribution in [3.63, 3.8) is 0 Å². The van der Waals surface area contributed by atoms with Gasteiger partial charge >= 0.3 is 0 Å². The minimum absolute atomic E-state index is 1.01. The van der Waals surface area contributed by atoms with E-state index in [1.165, 1.54) is 66.8 Å². The van der Waals surface area contributed by atoms with Gasteiger partial charge in [-0.25, -0.2) is 19.9 Å². The zero-order valence-corrected chi connectivity index (χ0v) is 29.5. The lowest BCUT2D eigenvalue weighted by Gasteiger charge is -2.14. The number of rotatable bonds is 4. The molecule has 4 aliphatic carbocycles. The number of nitrogens with zero attached hydrogens (tertiary/aromatic N) is 4. The van der Waals surface area contributed by atoms with E-state index in [4.69, 9.17) is 19.9 Å². The first-order valence-corrected chi connectivity index (χ1v) is 17.1. The van der Waals surface area contributed by atoms with Crippen LogP contribution in [-0.2, 0) is 0 Å². The topological polar surface area (TPSA) is 51.6 Å². The quantitative estimate of drug-likeness (QED) is 0.226. The van der Waals surface area contributed by atoms with Crippen LogP contribution in [0.25, 0.3) is 44.4 Å². The van der Waals surface area contributed by atoms with E-state index in [9.17, 15) is 0 Å². The van der Waals surface area contributed by atoms with Gasteiger partial charge < -0.3 is 0 Å². The summed E-state index contributed by atoms with van der Waals surface area (Å²) in [7, 11) is 0. The summed E-state index contributed by atoms with van der Waals surface area (Å²) in [4.78, 5) is 19.7. The molecule has 0 amide bonds. The van der Waals surface area contributed by atoms with Gasteiger partial charge in [0.05, 0.1) is 44.8 Å². The third-order valence-electron chi connectivity index (χ3n) is 10.0. The van der Waals surface area contributed by atoms with Gasteiger partial charge in [0, 0.05) is 22.3 Å². The number of aryl methyl sites for hydroxylation is 4. The number of hydrogen-bond acceptors (Lipinski definition) is 4. The summed E-state index contributed by atoms with van der Waals surface area (Å²) in [5.74, 6) is 0. The Morgan fingerprint density at radius 3 is 0.688 bits per heavy atom. The molecule has 4 aromatic rings. The Bertz CT molecular complexity index is 1970. The van der Waals surface area contributed by atoms with Crippen LogP contribution >= 0.6 is 0 Å². The first-order valence-electron chi connectivity index (χ1n) is 17.1. The van der Waals surface area contributed by atoms with E-state index in [1.54, 1.807) is 0 Å². The van der Waals surface area contributed by atoms with Gasteiger partial charge in [-0.05, 0) is 103 Å². The summed E-state index contributed by atoms with van der Waals surface area (Å²) in [5, 5.41) is 0. The zero-order chi connectivity index (χ0) is 33.7. The molecule has 0 radical (unpaired) electrons. The summed E-state index contributed by atoms with van der Waals surface area (Å²) in [6, 6.07) is 8.92. The maximum Gasteiger partial charge on any atom is 0.0971 e. The molecule has 0 unspecified atom stereocenters. The van der Waals surface area contributed by atoms with Crippen molar-refractivity contribution in [2.24, 2.45) is 0 Å². The average Bonchev–Trinajstić information content (AvgIpc) is 3.87. The molecule has 0 spiro atoms. The first-order chi connectivity index (χ1) is 23.0. The second-order valence-electron chi connectivity index (χ2n) is 14.0. The third kappa shape index (κ3) is 5.96. The normalized spacial score (nSPS) is 17.0. The van der Waals surface area contributed by atoms with Crippen LogP contribution in [0.3, 0.4) is 0 Å². The first kappa shape index (κ1) is 31.6. The lowest BCUT2D eigenvalue weighted by Crippen LogP contribution is -2.00. The summed E-state index contributed by atoms with van der Waals surface area (Å²) >= 11 is 0. The van der Waals surface area contributed by atoms with Crippen LogP contribution < -0.4 is 0 Å². The molecule has 0 atom stereocenters. The van der Waals surface area contributed by atoms with Gasteiger partial charge in [0.2, 0.25) is 0 Å². The Hall–Kier alpha value is -4.96. The van der Waals surface area contributed by atoms with Gasteiger partial charge in [0.15, 0.2) is 0 Å². The van der Waals surface area contributed by atoms with Gasteiger partial charge in [-0.1, -0.05) is 95.2 Å². The Morgan fingerprint density at radius 2 is 0.521 bits per heavy atom. The molecule has 0 fully saturated rings.